The maximum atomic E-state index is 5.81. The number of ether oxygens (including phenoxy) is 1. The highest BCUT2D eigenvalue weighted by Crippen LogP contribution is 2.47. The molecule has 1 aliphatic heterocycles. The van der Waals surface area contributed by atoms with Crippen LogP contribution in [0.2, 0.25) is 0 Å². The molecule has 0 aromatic carbocycles. The minimum atomic E-state index is 0.438. The van der Waals surface area contributed by atoms with Gasteiger partial charge >= 0.3 is 0 Å². The monoisotopic (exact) mass is 209 g/mol. The van der Waals surface area contributed by atoms with Crippen molar-refractivity contribution >= 4 is 0 Å². The molecule has 1 saturated heterocycles. The highest BCUT2D eigenvalue weighted by molar-refractivity contribution is 4.96. The van der Waals surface area contributed by atoms with Gasteiger partial charge in [-0.3, -0.25) is 4.90 Å². The van der Waals surface area contributed by atoms with Crippen molar-refractivity contribution < 1.29 is 4.74 Å². The lowest BCUT2D eigenvalue weighted by atomic mass is 9.93. The maximum absolute atomic E-state index is 5.81. The van der Waals surface area contributed by atoms with Crippen LogP contribution in [0.5, 0.6) is 0 Å². The Bertz CT molecular complexity index is 233. The van der Waals surface area contributed by atoms with Gasteiger partial charge in [-0.05, 0) is 44.9 Å². The number of nitrogens with zero attached hydrogens (tertiary/aromatic N) is 1. The van der Waals surface area contributed by atoms with Crippen molar-refractivity contribution in [3.05, 3.63) is 0 Å². The van der Waals surface area contributed by atoms with E-state index in [0.717, 1.165) is 31.0 Å². The van der Waals surface area contributed by atoms with Gasteiger partial charge in [0.25, 0.3) is 0 Å². The molecule has 0 radical (unpaired) electrons. The summed E-state index contributed by atoms with van der Waals surface area (Å²) in [5, 5.41) is 0. The summed E-state index contributed by atoms with van der Waals surface area (Å²) in [6.45, 7) is 6.77. The second kappa shape index (κ2) is 3.74. The lowest BCUT2D eigenvalue weighted by Gasteiger charge is -2.41. The van der Waals surface area contributed by atoms with Crippen LogP contribution in [0.1, 0.15) is 39.5 Å². The summed E-state index contributed by atoms with van der Waals surface area (Å²) < 4.78 is 5.81. The van der Waals surface area contributed by atoms with E-state index < -0.39 is 0 Å². The third-order valence-corrected chi connectivity index (χ3v) is 4.62. The Hall–Kier alpha value is -0.0800. The van der Waals surface area contributed by atoms with Crippen molar-refractivity contribution in [1.82, 2.24) is 4.90 Å². The normalized spacial score (nSPS) is 51.2. The van der Waals surface area contributed by atoms with Crippen molar-refractivity contribution in [2.24, 2.45) is 11.8 Å². The Morgan fingerprint density at radius 1 is 1.00 bits per heavy atom. The third kappa shape index (κ3) is 1.83. The minimum Gasteiger partial charge on any atom is -0.373 e. The fraction of sp³-hybridized carbons (Fsp3) is 1.00. The van der Waals surface area contributed by atoms with E-state index in [0.29, 0.717) is 12.2 Å². The van der Waals surface area contributed by atoms with Crippen LogP contribution in [-0.2, 0) is 4.74 Å². The third-order valence-electron chi connectivity index (χ3n) is 4.62. The van der Waals surface area contributed by atoms with Crippen molar-refractivity contribution in [2.45, 2.75) is 57.8 Å². The molecule has 0 N–H and O–H groups in total. The summed E-state index contributed by atoms with van der Waals surface area (Å²) in [5.74, 6) is 2.08. The zero-order chi connectivity index (χ0) is 10.4. The molecular formula is C13H23NO. The number of hydrogen-bond acceptors (Lipinski definition) is 2. The molecule has 0 aromatic rings. The van der Waals surface area contributed by atoms with Crippen molar-refractivity contribution in [1.29, 1.82) is 0 Å². The summed E-state index contributed by atoms with van der Waals surface area (Å²) in [7, 11) is 0. The van der Waals surface area contributed by atoms with E-state index in [1.54, 1.807) is 0 Å². The molecule has 86 valence electrons. The second-order valence-electron chi connectivity index (χ2n) is 5.95. The van der Waals surface area contributed by atoms with Crippen LogP contribution in [0.4, 0.5) is 0 Å². The van der Waals surface area contributed by atoms with Crippen molar-refractivity contribution in [2.75, 3.05) is 13.1 Å². The topological polar surface area (TPSA) is 12.5 Å². The number of rotatable bonds is 1. The lowest BCUT2D eigenvalue weighted by molar-refractivity contribution is -0.0862. The number of fused-ring (bicyclic) bond motifs is 2. The van der Waals surface area contributed by atoms with Gasteiger partial charge in [-0.25, -0.2) is 0 Å². The summed E-state index contributed by atoms with van der Waals surface area (Å²) >= 11 is 0. The van der Waals surface area contributed by atoms with E-state index >= 15 is 0 Å². The molecule has 15 heavy (non-hydrogen) atoms. The molecule has 2 bridgehead atoms. The van der Waals surface area contributed by atoms with E-state index in [-0.39, 0.29) is 0 Å². The van der Waals surface area contributed by atoms with Crippen LogP contribution in [0.25, 0.3) is 0 Å². The molecule has 0 amide bonds. The summed E-state index contributed by atoms with van der Waals surface area (Å²) in [6.07, 6.45) is 6.88. The highest BCUT2D eigenvalue weighted by Gasteiger charge is 2.43. The quantitative estimate of drug-likeness (QED) is 0.657. The van der Waals surface area contributed by atoms with Crippen LogP contribution in [-0.4, -0.2) is 36.2 Å². The first-order valence-electron chi connectivity index (χ1n) is 6.62. The first-order valence-corrected chi connectivity index (χ1v) is 6.62. The average molecular weight is 209 g/mol. The Morgan fingerprint density at radius 2 is 1.73 bits per heavy atom. The molecule has 5 atom stereocenters. The Kier molecular flexibility index (Phi) is 2.52. The van der Waals surface area contributed by atoms with Gasteiger partial charge in [0, 0.05) is 19.1 Å². The number of hydrogen-bond donors (Lipinski definition) is 0. The zero-order valence-electron chi connectivity index (χ0n) is 9.98. The smallest absolute Gasteiger partial charge is 0.0678 e. The molecule has 2 saturated carbocycles. The van der Waals surface area contributed by atoms with Gasteiger partial charge in [0.1, 0.15) is 0 Å². The first-order chi connectivity index (χ1) is 7.22. The van der Waals surface area contributed by atoms with Gasteiger partial charge in [-0.2, -0.15) is 0 Å². The zero-order valence-corrected chi connectivity index (χ0v) is 9.98. The summed E-state index contributed by atoms with van der Waals surface area (Å²) in [4.78, 5) is 2.72. The molecule has 0 unspecified atom stereocenters. The molecule has 0 aromatic heterocycles. The van der Waals surface area contributed by atoms with Gasteiger partial charge < -0.3 is 4.74 Å². The maximum Gasteiger partial charge on any atom is 0.0678 e. The summed E-state index contributed by atoms with van der Waals surface area (Å²) in [5.41, 5.74) is 0. The fourth-order valence-corrected chi connectivity index (χ4v) is 4.15. The van der Waals surface area contributed by atoms with Crippen molar-refractivity contribution in [3.8, 4) is 0 Å². The summed E-state index contributed by atoms with van der Waals surface area (Å²) in [6, 6.07) is 0.901. The van der Waals surface area contributed by atoms with Gasteiger partial charge in [0.05, 0.1) is 12.2 Å². The van der Waals surface area contributed by atoms with Crippen LogP contribution in [0.15, 0.2) is 0 Å². The van der Waals surface area contributed by atoms with Gasteiger partial charge in [-0.1, -0.05) is 6.42 Å². The predicted molar refractivity (Wildman–Crippen MR) is 60.8 cm³/mol. The van der Waals surface area contributed by atoms with Crippen LogP contribution in [0, 0.1) is 11.8 Å². The van der Waals surface area contributed by atoms with Gasteiger partial charge in [-0.15, -0.1) is 0 Å². The standard InChI is InChI=1S/C13H23NO/c1-9-7-14(8-10(2)15-9)13-6-11-3-4-12(13)5-11/h9-13H,3-8H2,1-2H3/t9-,10-,11-,12-,13-/m1/s1. The Balaban J connectivity index is 1.66. The molecule has 2 heteroatoms. The minimum absolute atomic E-state index is 0.438. The molecular weight excluding hydrogens is 186 g/mol. The van der Waals surface area contributed by atoms with E-state index in [4.69, 9.17) is 4.74 Å². The van der Waals surface area contributed by atoms with Crippen LogP contribution in [0.3, 0.4) is 0 Å². The molecule has 3 aliphatic rings. The highest BCUT2D eigenvalue weighted by atomic mass is 16.5. The first kappa shape index (κ1) is 10.1. The molecule has 2 aliphatic carbocycles. The van der Waals surface area contributed by atoms with Crippen molar-refractivity contribution in [3.63, 3.8) is 0 Å². The van der Waals surface area contributed by atoms with Crippen LogP contribution >= 0.6 is 0 Å². The lowest BCUT2D eigenvalue weighted by Crippen LogP contribution is -2.51. The molecule has 3 fully saturated rings. The van der Waals surface area contributed by atoms with Gasteiger partial charge in [0.15, 0.2) is 0 Å². The molecule has 2 nitrogen and oxygen atoms in total. The number of morpholine rings is 1. The Morgan fingerprint density at radius 3 is 2.27 bits per heavy atom. The second-order valence-corrected chi connectivity index (χ2v) is 5.95. The van der Waals surface area contributed by atoms with E-state index in [9.17, 15) is 0 Å². The van der Waals surface area contributed by atoms with Crippen LogP contribution < -0.4 is 0 Å². The molecule has 3 rings (SSSR count). The predicted octanol–water partition coefficient (Wildman–Crippen LogP) is 2.28. The Labute approximate surface area is 93.0 Å². The van der Waals surface area contributed by atoms with E-state index in [1.165, 1.54) is 25.7 Å². The molecule has 1 heterocycles. The average Bonchev–Trinajstić information content (AvgIpc) is 2.76. The SMILES string of the molecule is C[C@@H]1CN([C@@H]2C[C@@H]3CC[C@@H]2C3)C[C@@H](C)O1. The van der Waals surface area contributed by atoms with E-state index in [1.807, 2.05) is 0 Å². The fourth-order valence-electron chi connectivity index (χ4n) is 4.15. The van der Waals surface area contributed by atoms with Gasteiger partial charge in [0.2, 0.25) is 0 Å². The molecule has 0 spiro atoms. The largest absolute Gasteiger partial charge is 0.373 e. The van der Waals surface area contributed by atoms with E-state index in [2.05, 4.69) is 18.7 Å².